The van der Waals surface area contributed by atoms with Crippen molar-refractivity contribution in [3.05, 3.63) is 18.1 Å². The quantitative estimate of drug-likeness (QED) is 0.701. The number of piperidine rings is 1. The molecule has 0 saturated carbocycles. The van der Waals surface area contributed by atoms with E-state index in [0.717, 1.165) is 26.1 Å². The number of nitrogens with zero attached hydrogens (tertiary/aromatic N) is 2. The number of anilines is 1. The first kappa shape index (κ1) is 12.8. The predicted molar refractivity (Wildman–Crippen MR) is 69.3 cm³/mol. The summed E-state index contributed by atoms with van der Waals surface area (Å²) in [5, 5.41) is 6.52. The van der Waals surface area contributed by atoms with Crippen LogP contribution in [0.1, 0.15) is 29.8 Å². The molecule has 1 fully saturated rings. The molecule has 1 aromatic rings. The average molecular weight is 249 g/mol. The Hall–Kier alpha value is -1.69. The topological polar surface area (TPSA) is 92.9 Å². The molecule has 0 bridgehead atoms. The predicted octanol–water partition coefficient (Wildman–Crippen LogP) is 0.377. The first-order valence-corrected chi connectivity index (χ1v) is 6.33. The molecule has 1 aromatic heterocycles. The minimum absolute atomic E-state index is 0.208. The van der Waals surface area contributed by atoms with Gasteiger partial charge < -0.3 is 16.4 Å². The van der Waals surface area contributed by atoms with Gasteiger partial charge in [0.1, 0.15) is 0 Å². The summed E-state index contributed by atoms with van der Waals surface area (Å²) >= 11 is 0. The fraction of sp³-hybridized carbons (Fsp3) is 0.583. The maximum Gasteiger partial charge on any atom is 0.271 e. The van der Waals surface area contributed by atoms with Gasteiger partial charge in [0, 0.05) is 18.9 Å². The van der Waals surface area contributed by atoms with Crippen LogP contribution in [-0.2, 0) is 0 Å². The molecule has 0 spiro atoms. The second-order valence-corrected chi connectivity index (χ2v) is 4.55. The van der Waals surface area contributed by atoms with Crippen molar-refractivity contribution in [2.45, 2.75) is 19.3 Å². The fourth-order valence-electron chi connectivity index (χ4n) is 2.21. The fourth-order valence-corrected chi connectivity index (χ4v) is 2.21. The molecule has 4 N–H and O–H groups in total. The van der Waals surface area contributed by atoms with Crippen molar-refractivity contribution >= 4 is 11.7 Å². The third kappa shape index (κ3) is 3.40. The van der Waals surface area contributed by atoms with E-state index in [-0.39, 0.29) is 5.69 Å². The lowest BCUT2D eigenvalue weighted by Crippen LogP contribution is -2.31. The van der Waals surface area contributed by atoms with Crippen LogP contribution in [0.15, 0.2) is 12.4 Å². The van der Waals surface area contributed by atoms with Gasteiger partial charge in [-0.05, 0) is 38.3 Å². The molecular weight excluding hydrogens is 230 g/mol. The number of nitrogens with one attached hydrogen (secondary N) is 2. The second kappa shape index (κ2) is 6.30. The number of aromatic nitrogens is 2. The molecular formula is C12H19N5O. The summed E-state index contributed by atoms with van der Waals surface area (Å²) in [6.45, 7) is 2.98. The van der Waals surface area contributed by atoms with E-state index in [2.05, 4.69) is 20.6 Å². The van der Waals surface area contributed by atoms with Gasteiger partial charge in [-0.25, -0.2) is 9.97 Å². The number of rotatable bonds is 5. The molecule has 1 amide bonds. The molecule has 1 aliphatic rings. The van der Waals surface area contributed by atoms with E-state index in [4.69, 9.17) is 5.73 Å². The number of carbonyl (C=O) groups excluding carboxylic acids is 1. The van der Waals surface area contributed by atoms with E-state index in [0.29, 0.717) is 11.7 Å². The van der Waals surface area contributed by atoms with Gasteiger partial charge in [-0.3, -0.25) is 4.79 Å². The van der Waals surface area contributed by atoms with E-state index >= 15 is 0 Å². The van der Waals surface area contributed by atoms with Crippen molar-refractivity contribution in [1.29, 1.82) is 0 Å². The monoisotopic (exact) mass is 249 g/mol. The molecule has 1 unspecified atom stereocenters. The summed E-state index contributed by atoms with van der Waals surface area (Å²) in [6, 6.07) is 0. The van der Waals surface area contributed by atoms with Crippen LogP contribution >= 0.6 is 0 Å². The molecule has 6 nitrogen and oxygen atoms in total. The largest absolute Gasteiger partial charge is 0.368 e. The maximum atomic E-state index is 11.2. The molecule has 1 aliphatic heterocycles. The Kier molecular flexibility index (Phi) is 4.46. The van der Waals surface area contributed by atoms with Gasteiger partial charge in [0.15, 0.2) is 11.5 Å². The molecule has 98 valence electrons. The highest BCUT2D eigenvalue weighted by molar-refractivity contribution is 5.95. The van der Waals surface area contributed by atoms with Crippen molar-refractivity contribution < 1.29 is 4.79 Å². The minimum Gasteiger partial charge on any atom is -0.368 e. The van der Waals surface area contributed by atoms with Crippen molar-refractivity contribution in [3.63, 3.8) is 0 Å². The summed E-state index contributed by atoms with van der Waals surface area (Å²) < 4.78 is 0. The van der Waals surface area contributed by atoms with Crippen LogP contribution in [-0.4, -0.2) is 35.5 Å². The van der Waals surface area contributed by atoms with Gasteiger partial charge in [0.2, 0.25) is 0 Å². The van der Waals surface area contributed by atoms with Crippen LogP contribution in [0.4, 0.5) is 5.82 Å². The van der Waals surface area contributed by atoms with Crippen LogP contribution in [0.25, 0.3) is 0 Å². The zero-order valence-corrected chi connectivity index (χ0v) is 10.4. The highest BCUT2D eigenvalue weighted by atomic mass is 16.1. The van der Waals surface area contributed by atoms with Crippen LogP contribution in [0.5, 0.6) is 0 Å². The standard InChI is InChI=1S/C12H19N5O/c13-11(18)10-12(17-7-6-15-10)16-5-3-9-2-1-4-14-8-9/h6-7,9,14H,1-5,8H2,(H2,13,18)(H,16,17). The minimum atomic E-state index is -0.551. The zero-order chi connectivity index (χ0) is 12.8. The third-order valence-electron chi connectivity index (χ3n) is 3.18. The van der Waals surface area contributed by atoms with Crippen molar-refractivity contribution in [2.24, 2.45) is 11.7 Å². The summed E-state index contributed by atoms with van der Waals surface area (Å²) in [5.74, 6) is 0.624. The molecule has 1 atom stereocenters. The summed E-state index contributed by atoms with van der Waals surface area (Å²) in [7, 11) is 0. The second-order valence-electron chi connectivity index (χ2n) is 4.55. The Labute approximate surface area is 106 Å². The Morgan fingerprint density at radius 1 is 1.50 bits per heavy atom. The van der Waals surface area contributed by atoms with Crippen LogP contribution < -0.4 is 16.4 Å². The first-order chi connectivity index (χ1) is 8.77. The number of carbonyl (C=O) groups is 1. The van der Waals surface area contributed by atoms with E-state index < -0.39 is 5.91 Å². The summed E-state index contributed by atoms with van der Waals surface area (Å²) in [5.41, 5.74) is 5.45. The highest BCUT2D eigenvalue weighted by Crippen LogP contribution is 2.14. The number of amides is 1. The Morgan fingerprint density at radius 2 is 2.33 bits per heavy atom. The Morgan fingerprint density at radius 3 is 3.06 bits per heavy atom. The van der Waals surface area contributed by atoms with Gasteiger partial charge in [-0.2, -0.15) is 0 Å². The lowest BCUT2D eigenvalue weighted by Gasteiger charge is -2.22. The number of hydrogen-bond donors (Lipinski definition) is 3. The molecule has 2 heterocycles. The van der Waals surface area contributed by atoms with Gasteiger partial charge in [0.05, 0.1) is 0 Å². The summed E-state index contributed by atoms with van der Waals surface area (Å²) in [6.07, 6.45) is 6.58. The third-order valence-corrected chi connectivity index (χ3v) is 3.18. The molecule has 0 aliphatic carbocycles. The van der Waals surface area contributed by atoms with E-state index in [1.165, 1.54) is 19.0 Å². The summed E-state index contributed by atoms with van der Waals surface area (Å²) in [4.78, 5) is 19.2. The Bertz CT molecular complexity index is 403. The van der Waals surface area contributed by atoms with Gasteiger partial charge in [-0.15, -0.1) is 0 Å². The van der Waals surface area contributed by atoms with E-state index in [1.807, 2.05) is 0 Å². The SMILES string of the molecule is NC(=O)c1nccnc1NCCC1CCCNC1. The normalized spacial score (nSPS) is 19.4. The number of primary amides is 1. The van der Waals surface area contributed by atoms with Crippen molar-refractivity contribution in [3.8, 4) is 0 Å². The molecule has 1 saturated heterocycles. The van der Waals surface area contributed by atoms with Gasteiger partial charge >= 0.3 is 0 Å². The lowest BCUT2D eigenvalue weighted by molar-refractivity contribution is 0.0996. The van der Waals surface area contributed by atoms with Crippen molar-refractivity contribution in [2.75, 3.05) is 25.0 Å². The Balaban J connectivity index is 1.84. The highest BCUT2D eigenvalue weighted by Gasteiger charge is 2.14. The van der Waals surface area contributed by atoms with E-state index in [9.17, 15) is 4.79 Å². The van der Waals surface area contributed by atoms with Gasteiger partial charge in [-0.1, -0.05) is 0 Å². The van der Waals surface area contributed by atoms with Crippen LogP contribution in [0.3, 0.4) is 0 Å². The smallest absolute Gasteiger partial charge is 0.271 e. The van der Waals surface area contributed by atoms with Crippen LogP contribution in [0.2, 0.25) is 0 Å². The maximum absolute atomic E-state index is 11.2. The molecule has 2 rings (SSSR count). The number of hydrogen-bond acceptors (Lipinski definition) is 5. The van der Waals surface area contributed by atoms with Crippen LogP contribution in [0, 0.1) is 5.92 Å². The zero-order valence-electron chi connectivity index (χ0n) is 10.4. The molecule has 6 heteroatoms. The molecule has 0 aromatic carbocycles. The molecule has 0 radical (unpaired) electrons. The van der Waals surface area contributed by atoms with E-state index in [1.54, 1.807) is 6.20 Å². The lowest BCUT2D eigenvalue weighted by atomic mass is 9.96. The first-order valence-electron chi connectivity index (χ1n) is 6.33. The van der Waals surface area contributed by atoms with Gasteiger partial charge in [0.25, 0.3) is 5.91 Å². The van der Waals surface area contributed by atoms with Crippen molar-refractivity contribution in [1.82, 2.24) is 15.3 Å². The average Bonchev–Trinajstić information content (AvgIpc) is 2.40. The number of nitrogens with two attached hydrogens (primary N) is 1. The molecule has 18 heavy (non-hydrogen) atoms.